The Labute approximate surface area is 334 Å². The van der Waals surface area contributed by atoms with Gasteiger partial charge in [-0.25, -0.2) is 19.9 Å². The molecule has 2 aromatic carbocycles. The highest BCUT2D eigenvalue weighted by Gasteiger charge is 2.21. The predicted molar refractivity (Wildman–Crippen MR) is 227 cm³/mol. The molecule has 0 aliphatic heterocycles. The van der Waals surface area contributed by atoms with Gasteiger partial charge in [-0.3, -0.25) is 0 Å². The summed E-state index contributed by atoms with van der Waals surface area (Å²) in [6.45, 7) is 8.13. The number of aryl methyl sites for hydroxylation is 4. The second-order valence-corrected chi connectivity index (χ2v) is 15.6. The Balaban J connectivity index is 0.000000186. The van der Waals surface area contributed by atoms with E-state index in [0.717, 1.165) is 45.0 Å². The first kappa shape index (κ1) is 42.2. The van der Waals surface area contributed by atoms with Gasteiger partial charge < -0.3 is 20.7 Å². The number of benzene rings is 2. The lowest BCUT2D eigenvalue weighted by Gasteiger charge is -2.17. The molecule has 0 radical (unpaired) electrons. The van der Waals surface area contributed by atoms with Gasteiger partial charge in [-0.05, 0) is 110 Å². The van der Waals surface area contributed by atoms with Crippen molar-refractivity contribution in [3.8, 4) is 11.1 Å². The smallest absolute Gasteiger partial charge is 0.423 e. The summed E-state index contributed by atoms with van der Waals surface area (Å²) in [6.07, 6.45) is 17.1. The van der Waals surface area contributed by atoms with Crippen molar-refractivity contribution in [1.29, 1.82) is 0 Å². The molecule has 2 saturated carbocycles. The van der Waals surface area contributed by atoms with Crippen molar-refractivity contribution >= 4 is 70.0 Å². The van der Waals surface area contributed by atoms with Gasteiger partial charge in [-0.2, -0.15) is 0 Å². The highest BCUT2D eigenvalue weighted by Crippen LogP contribution is 2.35. The maximum absolute atomic E-state index is 8.85. The van der Waals surface area contributed by atoms with Gasteiger partial charge in [0.05, 0.1) is 9.13 Å². The summed E-state index contributed by atoms with van der Waals surface area (Å²) in [4.78, 5) is 17.5. The Hall–Kier alpha value is -2.51. The number of rotatable bonds is 12. The normalized spacial score (nSPS) is 14.3. The van der Waals surface area contributed by atoms with Crippen molar-refractivity contribution in [2.45, 2.75) is 130 Å². The topological polar surface area (TPSA) is 116 Å². The number of aromatic nitrogens is 4. The third-order valence-corrected chi connectivity index (χ3v) is 11.3. The fourth-order valence-corrected chi connectivity index (χ4v) is 7.43. The van der Waals surface area contributed by atoms with Crippen LogP contribution in [0.4, 0.5) is 11.6 Å². The first-order valence-corrected chi connectivity index (χ1v) is 20.7. The minimum atomic E-state index is -1.35. The second-order valence-electron chi connectivity index (χ2n) is 13.8. The van der Waals surface area contributed by atoms with E-state index >= 15 is 0 Å². The quantitative estimate of drug-likeness (QED) is 0.0633. The van der Waals surface area contributed by atoms with Crippen LogP contribution in [0.15, 0.2) is 48.5 Å². The van der Waals surface area contributed by atoms with Crippen LogP contribution < -0.4 is 16.1 Å². The standard InChI is InChI=1S/C20H26ClN3.C10H15BO2.C10H13ClIN3/c1-3-4-7-15-10-12-16(13-11-15)18-19(21)22-14(2)23-20(18)24-17-8-5-6-9-17;1-2-3-4-9-5-7-10(8-6-9)11(12)13;1-6-13-9(11)8(12)10(14-6)15-7-4-2-3-5-7/h10-13,17H,3-9H2,1-2H3,(H,22,23,24);5-8,12-13H,2-4H2,1H3;7H,2-5H2,1H3,(H,13,14,15). The molecule has 0 bridgehead atoms. The molecule has 2 aromatic heterocycles. The van der Waals surface area contributed by atoms with E-state index < -0.39 is 7.12 Å². The lowest BCUT2D eigenvalue weighted by molar-refractivity contribution is 0.426. The molecule has 2 fully saturated rings. The molecular weight excluding hydrogens is 805 g/mol. The van der Waals surface area contributed by atoms with Crippen molar-refractivity contribution < 1.29 is 10.0 Å². The van der Waals surface area contributed by atoms with E-state index in [9.17, 15) is 0 Å². The van der Waals surface area contributed by atoms with Crippen LogP contribution in [0.2, 0.25) is 10.3 Å². The van der Waals surface area contributed by atoms with Gasteiger partial charge in [0, 0.05) is 12.1 Å². The molecule has 4 N–H and O–H groups in total. The molecular formula is C40H54BCl2IN6O2. The Morgan fingerprint density at radius 2 is 1.12 bits per heavy atom. The monoisotopic (exact) mass is 858 g/mol. The minimum absolute atomic E-state index is 0.498. The predicted octanol–water partition coefficient (Wildman–Crippen LogP) is 9.91. The van der Waals surface area contributed by atoms with Crippen LogP contribution in [0.25, 0.3) is 11.1 Å². The summed E-state index contributed by atoms with van der Waals surface area (Å²) in [5, 5.41) is 25.8. The zero-order valence-electron chi connectivity index (χ0n) is 31.1. The molecule has 6 rings (SSSR count). The lowest BCUT2D eigenvalue weighted by atomic mass is 9.80. The van der Waals surface area contributed by atoms with Crippen molar-refractivity contribution in [2.75, 3.05) is 10.6 Å². The number of nitrogens with zero attached hydrogens (tertiary/aromatic N) is 4. The van der Waals surface area contributed by atoms with Crippen molar-refractivity contribution in [2.24, 2.45) is 0 Å². The Morgan fingerprint density at radius 3 is 1.60 bits per heavy atom. The van der Waals surface area contributed by atoms with Crippen molar-refractivity contribution in [3.63, 3.8) is 0 Å². The fraction of sp³-hybridized carbons (Fsp3) is 0.500. The van der Waals surface area contributed by atoms with Gasteiger partial charge in [0.25, 0.3) is 0 Å². The summed E-state index contributed by atoms with van der Waals surface area (Å²) in [7, 11) is -1.35. The van der Waals surface area contributed by atoms with Crippen molar-refractivity contribution in [1.82, 2.24) is 19.9 Å². The third kappa shape index (κ3) is 13.4. The van der Waals surface area contributed by atoms with E-state index in [2.05, 4.69) is 91.3 Å². The summed E-state index contributed by atoms with van der Waals surface area (Å²) < 4.78 is 0.923. The van der Waals surface area contributed by atoms with E-state index in [1.807, 2.05) is 26.0 Å². The molecule has 12 heteroatoms. The number of unbranched alkanes of at least 4 members (excludes halogenated alkanes) is 2. The maximum Gasteiger partial charge on any atom is 0.488 e. The highest BCUT2D eigenvalue weighted by molar-refractivity contribution is 14.1. The molecule has 52 heavy (non-hydrogen) atoms. The van der Waals surface area contributed by atoms with Crippen LogP contribution in [-0.4, -0.2) is 49.2 Å². The van der Waals surface area contributed by atoms with Crippen LogP contribution in [0.3, 0.4) is 0 Å². The molecule has 0 atom stereocenters. The van der Waals surface area contributed by atoms with E-state index in [0.29, 0.717) is 33.7 Å². The van der Waals surface area contributed by atoms with E-state index in [1.54, 1.807) is 12.1 Å². The Bertz CT molecular complexity index is 1670. The molecule has 2 aliphatic rings. The highest BCUT2D eigenvalue weighted by atomic mass is 127. The first-order chi connectivity index (χ1) is 25.1. The fourth-order valence-electron chi connectivity index (χ4n) is 6.50. The minimum Gasteiger partial charge on any atom is -0.423 e. The number of anilines is 2. The molecule has 0 amide bonds. The number of hydrogen-bond donors (Lipinski definition) is 4. The van der Waals surface area contributed by atoms with E-state index in [-0.39, 0.29) is 0 Å². The van der Waals surface area contributed by atoms with E-state index in [1.165, 1.54) is 88.2 Å². The van der Waals surface area contributed by atoms with Crippen LogP contribution >= 0.6 is 45.8 Å². The van der Waals surface area contributed by atoms with Gasteiger partial charge in [0.1, 0.15) is 33.6 Å². The van der Waals surface area contributed by atoms with Gasteiger partial charge in [-0.15, -0.1) is 0 Å². The molecule has 280 valence electrons. The Morgan fingerprint density at radius 1 is 0.673 bits per heavy atom. The largest absolute Gasteiger partial charge is 0.488 e. The number of nitrogens with one attached hydrogen (secondary N) is 2. The van der Waals surface area contributed by atoms with Crippen LogP contribution in [0.5, 0.6) is 0 Å². The Kier molecular flexibility index (Phi) is 17.9. The average molecular weight is 860 g/mol. The molecule has 0 saturated heterocycles. The molecule has 4 aromatic rings. The zero-order chi connectivity index (χ0) is 37.5. The van der Waals surface area contributed by atoms with Crippen LogP contribution in [0, 0.1) is 17.4 Å². The SMILES string of the molecule is CCCCc1ccc(-c2c(Cl)nc(C)nc2NC2CCCC2)cc1.CCCCc1ccc(B(O)O)cc1.Cc1nc(Cl)c(I)c(NC2CCCC2)n1. The zero-order valence-corrected chi connectivity index (χ0v) is 34.7. The first-order valence-electron chi connectivity index (χ1n) is 18.9. The number of halogens is 3. The molecule has 2 aliphatic carbocycles. The summed E-state index contributed by atoms with van der Waals surface area (Å²) in [5.41, 5.74) is 5.19. The lowest BCUT2D eigenvalue weighted by Crippen LogP contribution is -2.29. The van der Waals surface area contributed by atoms with Crippen molar-refractivity contribution in [3.05, 3.63) is 85.2 Å². The maximum atomic E-state index is 8.85. The summed E-state index contributed by atoms with van der Waals surface area (Å²) in [5.74, 6) is 3.20. The summed E-state index contributed by atoms with van der Waals surface area (Å²) >= 11 is 14.7. The van der Waals surface area contributed by atoms with Gasteiger partial charge >= 0.3 is 7.12 Å². The van der Waals surface area contributed by atoms with Gasteiger partial charge in [-0.1, -0.05) is 124 Å². The van der Waals surface area contributed by atoms with E-state index in [4.69, 9.17) is 33.2 Å². The van der Waals surface area contributed by atoms with Gasteiger partial charge in [0.15, 0.2) is 0 Å². The average Bonchev–Trinajstić information content (AvgIpc) is 3.84. The number of hydrogen-bond acceptors (Lipinski definition) is 8. The molecule has 0 unspecified atom stereocenters. The molecule has 0 spiro atoms. The second kappa shape index (κ2) is 22.0. The summed E-state index contributed by atoms with van der Waals surface area (Å²) in [6, 6.07) is 17.2. The van der Waals surface area contributed by atoms with Crippen LogP contribution in [-0.2, 0) is 12.8 Å². The molecule has 2 heterocycles. The van der Waals surface area contributed by atoms with Gasteiger partial charge in [0.2, 0.25) is 0 Å². The third-order valence-electron chi connectivity index (χ3n) is 9.45. The molecule has 8 nitrogen and oxygen atoms in total. The van der Waals surface area contributed by atoms with Crippen LogP contribution in [0.1, 0.15) is 114 Å².